The number of amides is 2. The van der Waals surface area contributed by atoms with Crippen molar-refractivity contribution in [1.82, 2.24) is 10.6 Å². The van der Waals surface area contributed by atoms with Gasteiger partial charge in [0.15, 0.2) is 0 Å². The summed E-state index contributed by atoms with van der Waals surface area (Å²) in [6.45, 7) is 2.41. The van der Waals surface area contributed by atoms with Crippen LogP contribution in [0.4, 0.5) is 10.5 Å². The van der Waals surface area contributed by atoms with Gasteiger partial charge in [-0.05, 0) is 38.7 Å². The van der Waals surface area contributed by atoms with E-state index in [0.29, 0.717) is 32.2 Å². The van der Waals surface area contributed by atoms with Crippen LogP contribution in [0.2, 0.25) is 0 Å². The Kier molecular flexibility index (Phi) is 6.11. The molecule has 0 radical (unpaired) electrons. The maximum Gasteiger partial charge on any atom is 0.345 e. The summed E-state index contributed by atoms with van der Waals surface area (Å²) in [6, 6.07) is 5.60. The number of nitrogens with one attached hydrogen (secondary N) is 2. The quantitative estimate of drug-likeness (QED) is 0.487. The van der Waals surface area contributed by atoms with Crippen molar-refractivity contribution in [1.29, 1.82) is 0 Å². The summed E-state index contributed by atoms with van der Waals surface area (Å²) in [5.41, 5.74) is -0.292. The van der Waals surface area contributed by atoms with Gasteiger partial charge in [0.05, 0.1) is 4.92 Å². The van der Waals surface area contributed by atoms with Gasteiger partial charge in [-0.15, -0.1) is 0 Å². The number of hydrogen-bond donors (Lipinski definition) is 2. The lowest BCUT2D eigenvalue weighted by Crippen LogP contribution is -2.44. The predicted molar refractivity (Wildman–Crippen MR) is 86.8 cm³/mol. The van der Waals surface area contributed by atoms with Crippen LogP contribution in [0.3, 0.4) is 0 Å². The molecule has 1 aromatic rings. The van der Waals surface area contributed by atoms with Crippen molar-refractivity contribution in [2.45, 2.75) is 44.8 Å². The Balaban J connectivity index is 1.87. The molecule has 130 valence electrons. The first-order chi connectivity index (χ1) is 11.5. The standard InChI is InChI=1S/C16H21N3O5/c1-2-17-16(21)18-11-7-9-12(10-8-11)24-15(20)13-5-3-4-6-14(13)19(22)23/h3-6,11-12H,2,7-10H2,1H3,(H2,17,18,21). The second kappa shape index (κ2) is 8.28. The van der Waals surface area contributed by atoms with Crippen LogP contribution in [0, 0.1) is 10.1 Å². The lowest BCUT2D eigenvalue weighted by Gasteiger charge is -2.28. The highest BCUT2D eigenvalue weighted by atomic mass is 16.6. The third kappa shape index (κ3) is 4.68. The average molecular weight is 335 g/mol. The molecule has 2 amide bonds. The van der Waals surface area contributed by atoms with Crippen LogP contribution in [-0.4, -0.2) is 35.6 Å². The molecule has 1 saturated carbocycles. The molecule has 2 rings (SSSR count). The molecule has 8 nitrogen and oxygen atoms in total. The number of urea groups is 1. The summed E-state index contributed by atoms with van der Waals surface area (Å²) in [5, 5.41) is 16.5. The van der Waals surface area contributed by atoms with E-state index < -0.39 is 10.9 Å². The zero-order chi connectivity index (χ0) is 17.5. The number of esters is 1. The Labute approximate surface area is 139 Å². The first kappa shape index (κ1) is 17.7. The minimum absolute atomic E-state index is 0.0370. The fourth-order valence-corrected chi connectivity index (χ4v) is 2.74. The lowest BCUT2D eigenvalue weighted by molar-refractivity contribution is -0.385. The van der Waals surface area contributed by atoms with E-state index in [-0.39, 0.29) is 29.4 Å². The van der Waals surface area contributed by atoms with Gasteiger partial charge in [0.2, 0.25) is 0 Å². The number of para-hydroxylation sites is 1. The molecule has 0 saturated heterocycles. The Morgan fingerprint density at radius 3 is 2.54 bits per heavy atom. The Morgan fingerprint density at radius 1 is 1.25 bits per heavy atom. The van der Waals surface area contributed by atoms with Gasteiger partial charge in [-0.3, -0.25) is 10.1 Å². The molecule has 0 aliphatic heterocycles. The van der Waals surface area contributed by atoms with E-state index in [9.17, 15) is 19.7 Å². The summed E-state index contributed by atoms with van der Waals surface area (Å²) in [5.74, 6) is -0.678. The van der Waals surface area contributed by atoms with Crippen molar-refractivity contribution >= 4 is 17.7 Å². The van der Waals surface area contributed by atoms with E-state index >= 15 is 0 Å². The number of nitro benzene ring substituents is 1. The lowest BCUT2D eigenvalue weighted by atomic mass is 9.93. The van der Waals surface area contributed by atoms with Crippen LogP contribution in [0.25, 0.3) is 0 Å². The van der Waals surface area contributed by atoms with Crippen LogP contribution in [0.1, 0.15) is 43.0 Å². The van der Waals surface area contributed by atoms with Crippen LogP contribution >= 0.6 is 0 Å². The number of nitro groups is 1. The molecular weight excluding hydrogens is 314 g/mol. The van der Waals surface area contributed by atoms with E-state index in [1.54, 1.807) is 6.07 Å². The van der Waals surface area contributed by atoms with Crippen molar-refractivity contribution in [3.8, 4) is 0 Å². The highest BCUT2D eigenvalue weighted by Crippen LogP contribution is 2.24. The Hall–Kier alpha value is -2.64. The molecule has 1 aliphatic carbocycles. The van der Waals surface area contributed by atoms with E-state index in [0.717, 1.165) is 0 Å². The third-order valence-corrected chi connectivity index (χ3v) is 3.94. The average Bonchev–Trinajstić information content (AvgIpc) is 2.56. The number of carbonyl (C=O) groups excluding carboxylic acids is 2. The Morgan fingerprint density at radius 2 is 1.92 bits per heavy atom. The predicted octanol–water partition coefficient (Wildman–Crippen LogP) is 2.38. The SMILES string of the molecule is CCNC(=O)NC1CCC(OC(=O)c2ccccc2[N+](=O)[O-])CC1. The highest BCUT2D eigenvalue weighted by molar-refractivity contribution is 5.93. The zero-order valence-electron chi connectivity index (χ0n) is 13.5. The summed E-state index contributed by atoms with van der Waals surface area (Å²) in [6.07, 6.45) is 2.34. The summed E-state index contributed by atoms with van der Waals surface area (Å²) < 4.78 is 5.40. The van der Waals surface area contributed by atoms with E-state index in [1.807, 2.05) is 6.92 Å². The van der Waals surface area contributed by atoms with Crippen molar-refractivity contribution in [2.75, 3.05) is 6.54 Å². The molecule has 0 heterocycles. The largest absolute Gasteiger partial charge is 0.459 e. The van der Waals surface area contributed by atoms with Crippen molar-refractivity contribution in [3.05, 3.63) is 39.9 Å². The minimum Gasteiger partial charge on any atom is -0.459 e. The topological polar surface area (TPSA) is 111 Å². The van der Waals surface area contributed by atoms with E-state index in [4.69, 9.17) is 4.74 Å². The van der Waals surface area contributed by atoms with Crippen molar-refractivity contribution < 1.29 is 19.2 Å². The van der Waals surface area contributed by atoms with Crippen LogP contribution in [-0.2, 0) is 4.74 Å². The van der Waals surface area contributed by atoms with Crippen molar-refractivity contribution in [2.24, 2.45) is 0 Å². The van der Waals surface area contributed by atoms with Gasteiger partial charge in [0.25, 0.3) is 5.69 Å². The van der Waals surface area contributed by atoms with Crippen molar-refractivity contribution in [3.63, 3.8) is 0 Å². The van der Waals surface area contributed by atoms with E-state index in [1.165, 1.54) is 18.2 Å². The fourth-order valence-electron chi connectivity index (χ4n) is 2.74. The van der Waals surface area contributed by atoms with E-state index in [2.05, 4.69) is 10.6 Å². The summed E-state index contributed by atoms with van der Waals surface area (Å²) >= 11 is 0. The molecular formula is C16H21N3O5. The molecule has 0 aromatic heterocycles. The van der Waals surface area contributed by atoms with Gasteiger partial charge in [-0.25, -0.2) is 9.59 Å². The molecule has 2 N–H and O–H groups in total. The van der Waals surface area contributed by atoms with Gasteiger partial charge in [-0.1, -0.05) is 12.1 Å². The number of carbonyl (C=O) groups is 2. The van der Waals surface area contributed by atoms with Crippen LogP contribution < -0.4 is 10.6 Å². The molecule has 1 fully saturated rings. The summed E-state index contributed by atoms with van der Waals surface area (Å²) in [4.78, 5) is 34.0. The number of rotatable bonds is 5. The smallest absolute Gasteiger partial charge is 0.345 e. The van der Waals surface area contributed by atoms with Crippen LogP contribution in [0.15, 0.2) is 24.3 Å². The maximum atomic E-state index is 12.2. The monoisotopic (exact) mass is 335 g/mol. The highest BCUT2D eigenvalue weighted by Gasteiger charge is 2.27. The molecule has 1 aromatic carbocycles. The zero-order valence-corrected chi connectivity index (χ0v) is 13.5. The third-order valence-electron chi connectivity index (χ3n) is 3.94. The van der Waals surface area contributed by atoms with Gasteiger partial charge in [0, 0.05) is 18.7 Å². The number of benzene rings is 1. The fraction of sp³-hybridized carbons (Fsp3) is 0.500. The molecule has 24 heavy (non-hydrogen) atoms. The number of ether oxygens (including phenoxy) is 1. The molecule has 0 bridgehead atoms. The maximum absolute atomic E-state index is 12.2. The molecule has 1 aliphatic rings. The van der Waals surface area contributed by atoms with Crippen LogP contribution in [0.5, 0.6) is 0 Å². The van der Waals surface area contributed by atoms with Gasteiger partial charge in [-0.2, -0.15) is 0 Å². The first-order valence-electron chi connectivity index (χ1n) is 8.00. The van der Waals surface area contributed by atoms with Gasteiger partial charge < -0.3 is 15.4 Å². The van der Waals surface area contributed by atoms with Gasteiger partial charge in [0.1, 0.15) is 11.7 Å². The first-order valence-corrected chi connectivity index (χ1v) is 8.00. The molecule has 0 spiro atoms. The molecule has 8 heteroatoms. The second-order valence-electron chi connectivity index (χ2n) is 5.66. The molecule has 0 atom stereocenters. The minimum atomic E-state index is -0.678. The number of nitrogens with zero attached hydrogens (tertiary/aromatic N) is 1. The Bertz CT molecular complexity index is 611. The van der Waals surface area contributed by atoms with Gasteiger partial charge >= 0.3 is 12.0 Å². The molecule has 0 unspecified atom stereocenters. The normalized spacial score (nSPS) is 20.0. The summed E-state index contributed by atoms with van der Waals surface area (Å²) in [7, 11) is 0. The number of hydrogen-bond acceptors (Lipinski definition) is 5. The second-order valence-corrected chi connectivity index (χ2v) is 5.66.